The molecule has 0 aliphatic carbocycles. The zero-order valence-corrected chi connectivity index (χ0v) is 16.8. The molecule has 0 saturated carbocycles. The largest absolute Gasteiger partial charge is 0.394 e. The van der Waals surface area contributed by atoms with Gasteiger partial charge in [0.15, 0.2) is 0 Å². The van der Waals surface area contributed by atoms with Crippen LogP contribution >= 0.6 is 0 Å². The van der Waals surface area contributed by atoms with Crippen molar-refractivity contribution in [1.82, 2.24) is 0 Å². The van der Waals surface area contributed by atoms with Gasteiger partial charge in [0.25, 0.3) is 0 Å². The lowest BCUT2D eigenvalue weighted by Crippen LogP contribution is -2.42. The average Bonchev–Trinajstić information content (AvgIpc) is 2.73. The van der Waals surface area contributed by atoms with E-state index in [1.54, 1.807) is 0 Å². The van der Waals surface area contributed by atoms with E-state index in [2.05, 4.69) is 22.1 Å². The summed E-state index contributed by atoms with van der Waals surface area (Å²) < 4.78 is 0. The number of aryl methyl sites for hydroxylation is 2. The van der Waals surface area contributed by atoms with E-state index in [0.29, 0.717) is 17.1 Å². The predicted molar refractivity (Wildman–Crippen MR) is 114 cm³/mol. The summed E-state index contributed by atoms with van der Waals surface area (Å²) in [4.78, 5) is 0. The smallest absolute Gasteiger partial charge is 0.110 e. The van der Waals surface area contributed by atoms with E-state index >= 15 is 0 Å². The van der Waals surface area contributed by atoms with Crippen molar-refractivity contribution in [1.29, 1.82) is 0 Å². The molecular weight excluding hydrogens is 370 g/mol. The zero-order valence-electron chi connectivity index (χ0n) is 16.8. The van der Waals surface area contributed by atoms with Gasteiger partial charge in [0.05, 0.1) is 24.1 Å². The Bertz CT molecular complexity index is 837. The maximum Gasteiger partial charge on any atom is 0.110 e. The highest BCUT2D eigenvalue weighted by Gasteiger charge is 2.24. The number of hydrogen-bond acceptors (Lipinski definition) is 7. The maximum atomic E-state index is 10.0. The highest BCUT2D eigenvalue weighted by Crippen LogP contribution is 2.30. The number of nitrogens with zero attached hydrogens (tertiary/aromatic N) is 2. The van der Waals surface area contributed by atoms with Crippen LogP contribution in [0.15, 0.2) is 59.3 Å². The third-order valence-electron chi connectivity index (χ3n) is 4.68. The van der Waals surface area contributed by atoms with Gasteiger partial charge in [-0.3, -0.25) is 0 Å². The van der Waals surface area contributed by atoms with Crippen LogP contribution in [0.25, 0.3) is 0 Å². The zero-order chi connectivity index (χ0) is 21.4. The fraction of sp³-hybridized carbons (Fsp3) is 0.364. The monoisotopic (exact) mass is 399 g/mol. The van der Waals surface area contributed by atoms with Crippen molar-refractivity contribution in [3.63, 3.8) is 0 Å². The van der Waals surface area contributed by atoms with Crippen LogP contribution < -0.4 is 5.32 Å². The van der Waals surface area contributed by atoms with Crippen LogP contribution in [0.3, 0.4) is 0 Å². The number of nitrogens with one attached hydrogen (secondary N) is 1. The molecule has 5 N–H and O–H groups in total. The fourth-order valence-corrected chi connectivity index (χ4v) is 2.70. The molecule has 0 saturated heterocycles. The number of rotatable bonds is 10. The van der Waals surface area contributed by atoms with Gasteiger partial charge < -0.3 is 25.7 Å². The quantitative estimate of drug-likeness (QED) is 0.311. The second-order valence-electron chi connectivity index (χ2n) is 7.00. The van der Waals surface area contributed by atoms with E-state index in [4.69, 9.17) is 5.11 Å². The standard InChI is InChI=1S/C22H29N3O4/c1-4-5-16-6-8-17(9-7-16)24-25-19-11-15(3)14(2)10-18(19)23-12-20(27)22(29)21(28)13-26/h4,6-11,20-23,26-29H,1,5,12-13H2,2-3H3/t20-,21+,22-/m0/s1. The molecule has 156 valence electrons. The number of anilines is 1. The molecule has 0 radical (unpaired) electrons. The van der Waals surface area contributed by atoms with Gasteiger partial charge in [-0.05, 0) is 61.2 Å². The van der Waals surface area contributed by atoms with Crippen LogP contribution in [0.4, 0.5) is 17.1 Å². The summed E-state index contributed by atoms with van der Waals surface area (Å²) in [7, 11) is 0. The van der Waals surface area contributed by atoms with Gasteiger partial charge in [0.1, 0.15) is 17.9 Å². The van der Waals surface area contributed by atoms with E-state index in [1.807, 2.05) is 56.3 Å². The first-order chi connectivity index (χ1) is 13.8. The summed E-state index contributed by atoms with van der Waals surface area (Å²) in [5.74, 6) is 0. The highest BCUT2D eigenvalue weighted by molar-refractivity contribution is 5.68. The van der Waals surface area contributed by atoms with E-state index < -0.39 is 24.9 Å². The van der Waals surface area contributed by atoms with Crippen molar-refractivity contribution in [3.05, 3.63) is 65.7 Å². The molecular formula is C22H29N3O4. The second kappa shape index (κ2) is 10.8. The van der Waals surface area contributed by atoms with Crippen LogP contribution in [0.2, 0.25) is 0 Å². The lowest BCUT2D eigenvalue weighted by molar-refractivity contribution is -0.0715. The molecule has 0 aromatic heterocycles. The van der Waals surface area contributed by atoms with Crippen molar-refractivity contribution < 1.29 is 20.4 Å². The van der Waals surface area contributed by atoms with Gasteiger partial charge in [0.2, 0.25) is 0 Å². The summed E-state index contributed by atoms with van der Waals surface area (Å²) in [5, 5.41) is 49.9. The van der Waals surface area contributed by atoms with Crippen LogP contribution in [-0.4, -0.2) is 51.9 Å². The summed E-state index contributed by atoms with van der Waals surface area (Å²) in [5.41, 5.74) is 5.17. The average molecular weight is 399 g/mol. The van der Waals surface area contributed by atoms with Gasteiger partial charge >= 0.3 is 0 Å². The van der Waals surface area contributed by atoms with Crippen molar-refractivity contribution in [2.75, 3.05) is 18.5 Å². The first-order valence-electron chi connectivity index (χ1n) is 9.47. The summed E-state index contributed by atoms with van der Waals surface area (Å²) in [6.45, 7) is 7.00. The topological polar surface area (TPSA) is 118 Å². The van der Waals surface area contributed by atoms with Crippen molar-refractivity contribution in [2.24, 2.45) is 10.2 Å². The third kappa shape index (κ3) is 6.47. The lowest BCUT2D eigenvalue weighted by atomic mass is 10.1. The highest BCUT2D eigenvalue weighted by atomic mass is 16.4. The van der Waals surface area contributed by atoms with Crippen molar-refractivity contribution in [3.8, 4) is 0 Å². The minimum atomic E-state index is -1.46. The van der Waals surface area contributed by atoms with Crippen LogP contribution in [-0.2, 0) is 6.42 Å². The number of aliphatic hydroxyl groups excluding tert-OH is 4. The molecule has 0 bridgehead atoms. The van der Waals surface area contributed by atoms with Gasteiger partial charge in [-0.15, -0.1) is 11.7 Å². The molecule has 0 unspecified atom stereocenters. The van der Waals surface area contributed by atoms with E-state index in [1.165, 1.54) is 0 Å². The maximum absolute atomic E-state index is 10.0. The van der Waals surface area contributed by atoms with Gasteiger partial charge in [0, 0.05) is 6.54 Å². The molecule has 2 aromatic carbocycles. The number of aliphatic hydroxyl groups is 4. The molecule has 0 fully saturated rings. The predicted octanol–water partition coefficient (Wildman–Crippen LogP) is 2.93. The van der Waals surface area contributed by atoms with Gasteiger partial charge in [-0.2, -0.15) is 5.11 Å². The van der Waals surface area contributed by atoms with E-state index in [9.17, 15) is 15.3 Å². The van der Waals surface area contributed by atoms with Crippen LogP contribution in [0, 0.1) is 13.8 Å². The Morgan fingerprint density at radius 1 is 1.00 bits per heavy atom. The minimum absolute atomic E-state index is 0.0283. The number of azo groups is 1. The Morgan fingerprint density at radius 3 is 2.28 bits per heavy atom. The van der Waals surface area contributed by atoms with Crippen molar-refractivity contribution >= 4 is 17.1 Å². The molecule has 7 heteroatoms. The molecule has 7 nitrogen and oxygen atoms in total. The molecule has 3 atom stereocenters. The number of benzene rings is 2. The second-order valence-corrected chi connectivity index (χ2v) is 7.00. The first-order valence-corrected chi connectivity index (χ1v) is 9.47. The minimum Gasteiger partial charge on any atom is -0.394 e. The van der Waals surface area contributed by atoms with Gasteiger partial charge in [-0.1, -0.05) is 18.2 Å². The molecule has 0 aliphatic heterocycles. The Kier molecular flexibility index (Phi) is 8.48. The first kappa shape index (κ1) is 22.7. The molecule has 0 amide bonds. The third-order valence-corrected chi connectivity index (χ3v) is 4.68. The fourth-order valence-electron chi connectivity index (χ4n) is 2.70. The van der Waals surface area contributed by atoms with E-state index in [-0.39, 0.29) is 6.54 Å². The number of allylic oxidation sites excluding steroid dienone is 1. The van der Waals surface area contributed by atoms with Crippen LogP contribution in [0.5, 0.6) is 0 Å². The molecule has 0 spiro atoms. The van der Waals surface area contributed by atoms with Crippen LogP contribution in [0.1, 0.15) is 16.7 Å². The van der Waals surface area contributed by atoms with E-state index in [0.717, 1.165) is 23.1 Å². The SMILES string of the molecule is C=CCc1ccc(N=Nc2cc(C)c(C)cc2NC[C@H](O)[C@H](O)[C@H](O)CO)cc1. The lowest BCUT2D eigenvalue weighted by Gasteiger charge is -2.22. The van der Waals surface area contributed by atoms with Crippen molar-refractivity contribution in [2.45, 2.75) is 38.6 Å². The van der Waals surface area contributed by atoms with Gasteiger partial charge in [-0.25, -0.2) is 0 Å². The Morgan fingerprint density at radius 2 is 1.66 bits per heavy atom. The Hall–Kier alpha value is -2.58. The summed E-state index contributed by atoms with van der Waals surface area (Å²) >= 11 is 0. The number of hydrogen-bond donors (Lipinski definition) is 5. The Labute approximate surface area is 171 Å². The summed E-state index contributed by atoms with van der Waals surface area (Å²) in [6, 6.07) is 11.5. The Balaban J connectivity index is 2.17. The molecule has 29 heavy (non-hydrogen) atoms. The molecule has 2 rings (SSSR count). The normalized spacial score (nSPS) is 14.6. The molecule has 0 aliphatic rings. The summed E-state index contributed by atoms with van der Waals surface area (Å²) in [6.07, 6.45) is -1.50. The molecule has 0 heterocycles. The molecule has 2 aromatic rings.